The highest BCUT2D eigenvalue weighted by molar-refractivity contribution is 8.05. The summed E-state index contributed by atoms with van der Waals surface area (Å²) >= 11 is 1.83. The quantitative estimate of drug-likeness (QED) is 0.816. The Morgan fingerprint density at radius 1 is 1.50 bits per heavy atom. The molecule has 3 heteroatoms. The fraction of sp³-hybridized carbons (Fsp3) is 0.733. The molecule has 2 atom stereocenters. The maximum Gasteiger partial charge on any atom is 0.0748 e. The lowest BCUT2D eigenvalue weighted by Gasteiger charge is -2.25. The minimum absolute atomic E-state index is 0.419. The molecule has 2 aliphatic rings. The molecule has 0 amide bonds. The number of hydrogen-bond donors (Lipinski definition) is 1. The van der Waals surface area contributed by atoms with Crippen LogP contribution < -0.4 is 5.32 Å². The van der Waals surface area contributed by atoms with Crippen molar-refractivity contribution in [2.24, 2.45) is 11.8 Å². The summed E-state index contributed by atoms with van der Waals surface area (Å²) in [4.78, 5) is 0. The number of hydrogen-bond acceptors (Lipinski definition) is 3. The van der Waals surface area contributed by atoms with Crippen LogP contribution in [-0.2, 0) is 4.74 Å². The number of rotatable bonds is 5. The van der Waals surface area contributed by atoms with Gasteiger partial charge in [0.15, 0.2) is 0 Å². The van der Waals surface area contributed by atoms with Crippen LogP contribution >= 0.6 is 11.8 Å². The summed E-state index contributed by atoms with van der Waals surface area (Å²) in [6.07, 6.45) is 6.43. The molecule has 2 aliphatic heterocycles. The van der Waals surface area contributed by atoms with Gasteiger partial charge in [-0.05, 0) is 36.7 Å². The van der Waals surface area contributed by atoms with Gasteiger partial charge in [-0.25, -0.2) is 0 Å². The van der Waals surface area contributed by atoms with Crippen LogP contribution in [0.2, 0.25) is 0 Å². The van der Waals surface area contributed by atoms with E-state index in [1.165, 1.54) is 24.3 Å². The second kappa shape index (κ2) is 6.67. The van der Waals surface area contributed by atoms with Gasteiger partial charge in [0.25, 0.3) is 0 Å². The highest BCUT2D eigenvalue weighted by Gasteiger charge is 2.20. The third kappa shape index (κ3) is 3.55. The van der Waals surface area contributed by atoms with E-state index in [1.807, 2.05) is 11.8 Å². The Bertz CT molecular complexity index is 329. The van der Waals surface area contributed by atoms with Crippen molar-refractivity contribution in [3.63, 3.8) is 0 Å². The topological polar surface area (TPSA) is 21.3 Å². The van der Waals surface area contributed by atoms with E-state index in [0.717, 1.165) is 13.2 Å². The van der Waals surface area contributed by atoms with Crippen molar-refractivity contribution in [1.29, 1.82) is 0 Å². The largest absolute Gasteiger partial charge is 0.377 e. The number of thioether (sulfide) groups is 1. The van der Waals surface area contributed by atoms with Gasteiger partial charge in [0.05, 0.1) is 11.1 Å². The van der Waals surface area contributed by atoms with E-state index >= 15 is 0 Å². The van der Waals surface area contributed by atoms with Gasteiger partial charge < -0.3 is 10.1 Å². The number of ether oxygens (including phenoxy) is 1. The van der Waals surface area contributed by atoms with Gasteiger partial charge in [-0.1, -0.05) is 38.1 Å². The molecule has 1 saturated heterocycles. The average molecular weight is 267 g/mol. The minimum atomic E-state index is 0.419. The van der Waals surface area contributed by atoms with Crippen LogP contribution in [0.5, 0.6) is 0 Å². The van der Waals surface area contributed by atoms with Crippen LogP contribution in [-0.4, -0.2) is 19.3 Å². The van der Waals surface area contributed by atoms with Gasteiger partial charge >= 0.3 is 0 Å². The molecule has 1 N–H and O–H groups in total. The number of nitrogens with one attached hydrogen (secondary N) is 1. The monoisotopic (exact) mass is 267 g/mol. The number of allylic oxidation sites excluding steroid dienone is 2. The zero-order chi connectivity index (χ0) is 13.0. The molecular weight excluding hydrogens is 242 g/mol. The van der Waals surface area contributed by atoms with Gasteiger partial charge in [0.2, 0.25) is 0 Å². The molecule has 2 heterocycles. The second-order valence-electron chi connectivity index (χ2n) is 5.45. The van der Waals surface area contributed by atoms with Gasteiger partial charge in [0.1, 0.15) is 0 Å². The normalized spacial score (nSPS) is 28.2. The third-order valence-electron chi connectivity index (χ3n) is 3.74. The summed E-state index contributed by atoms with van der Waals surface area (Å²) in [5, 5.41) is 7.19. The smallest absolute Gasteiger partial charge is 0.0748 e. The van der Waals surface area contributed by atoms with E-state index in [0.29, 0.717) is 17.9 Å². The molecule has 18 heavy (non-hydrogen) atoms. The fourth-order valence-corrected chi connectivity index (χ4v) is 3.69. The highest BCUT2D eigenvalue weighted by atomic mass is 32.2. The van der Waals surface area contributed by atoms with E-state index in [4.69, 9.17) is 4.74 Å². The molecule has 0 aromatic rings. The molecule has 0 aromatic carbocycles. The Hall–Kier alpha value is -0.410. The summed E-state index contributed by atoms with van der Waals surface area (Å²) < 4.78 is 5.64. The minimum Gasteiger partial charge on any atom is -0.377 e. The van der Waals surface area contributed by atoms with Crippen LogP contribution in [0.15, 0.2) is 22.1 Å². The first-order valence-corrected chi connectivity index (χ1v) is 8.02. The van der Waals surface area contributed by atoms with Crippen molar-refractivity contribution in [3.8, 4) is 0 Å². The molecule has 2 unspecified atom stereocenters. The lowest BCUT2D eigenvalue weighted by Crippen LogP contribution is -2.26. The highest BCUT2D eigenvalue weighted by Crippen LogP contribution is 2.35. The fourth-order valence-electron chi connectivity index (χ4n) is 2.58. The molecule has 0 spiro atoms. The van der Waals surface area contributed by atoms with Crippen molar-refractivity contribution in [2.75, 3.05) is 13.2 Å². The summed E-state index contributed by atoms with van der Waals surface area (Å²) in [7, 11) is 0. The summed E-state index contributed by atoms with van der Waals surface area (Å²) in [6, 6.07) is 0. The van der Waals surface area contributed by atoms with Crippen molar-refractivity contribution in [2.45, 2.75) is 46.1 Å². The van der Waals surface area contributed by atoms with Crippen molar-refractivity contribution < 1.29 is 4.74 Å². The molecule has 2 nitrogen and oxygen atoms in total. The Labute approximate surface area is 115 Å². The lowest BCUT2D eigenvalue weighted by molar-refractivity contribution is 0.112. The van der Waals surface area contributed by atoms with E-state index in [9.17, 15) is 0 Å². The van der Waals surface area contributed by atoms with Gasteiger partial charge in [-0.15, -0.1) is 0 Å². The first kappa shape index (κ1) is 14.0. The van der Waals surface area contributed by atoms with Crippen LogP contribution in [0.25, 0.3) is 0 Å². The zero-order valence-electron chi connectivity index (χ0n) is 11.7. The zero-order valence-corrected chi connectivity index (χ0v) is 12.6. The first-order valence-electron chi connectivity index (χ1n) is 7.14. The second-order valence-corrected chi connectivity index (χ2v) is 6.36. The van der Waals surface area contributed by atoms with E-state index in [1.54, 1.807) is 5.57 Å². The van der Waals surface area contributed by atoms with Crippen molar-refractivity contribution in [3.05, 3.63) is 22.1 Å². The Kier molecular flexibility index (Phi) is 5.19. The SMILES string of the molecule is CCC1C=C(NCC2CCCO2)SC=C1C(C)C. The third-order valence-corrected chi connectivity index (χ3v) is 4.66. The molecule has 0 saturated carbocycles. The van der Waals surface area contributed by atoms with Crippen LogP contribution in [0.1, 0.15) is 40.0 Å². The predicted octanol–water partition coefficient (Wildman–Crippen LogP) is 3.91. The summed E-state index contributed by atoms with van der Waals surface area (Å²) in [5.74, 6) is 1.26. The molecule has 0 radical (unpaired) electrons. The van der Waals surface area contributed by atoms with Gasteiger partial charge in [0, 0.05) is 19.1 Å². The van der Waals surface area contributed by atoms with E-state index in [-0.39, 0.29) is 0 Å². The predicted molar refractivity (Wildman–Crippen MR) is 79.4 cm³/mol. The first-order chi connectivity index (χ1) is 8.70. The maximum absolute atomic E-state index is 5.64. The molecule has 2 rings (SSSR count). The average Bonchev–Trinajstić information content (AvgIpc) is 2.88. The molecule has 0 aliphatic carbocycles. The van der Waals surface area contributed by atoms with Crippen LogP contribution in [0, 0.1) is 11.8 Å². The van der Waals surface area contributed by atoms with E-state index < -0.39 is 0 Å². The molecule has 1 fully saturated rings. The van der Waals surface area contributed by atoms with Gasteiger partial charge in [-0.2, -0.15) is 0 Å². The Balaban J connectivity index is 1.87. The maximum atomic E-state index is 5.64. The Morgan fingerprint density at radius 3 is 2.94 bits per heavy atom. The van der Waals surface area contributed by atoms with Crippen molar-refractivity contribution in [1.82, 2.24) is 5.32 Å². The van der Waals surface area contributed by atoms with Crippen molar-refractivity contribution >= 4 is 11.8 Å². The molecule has 102 valence electrons. The summed E-state index contributed by atoms with van der Waals surface area (Å²) in [5.41, 5.74) is 1.57. The standard InChI is InChI=1S/C15H25NOS/c1-4-12-8-15(18-10-14(12)11(2)3)16-9-13-6-5-7-17-13/h8,10-13,16H,4-7,9H2,1-3H3. The van der Waals surface area contributed by atoms with Crippen LogP contribution in [0.4, 0.5) is 0 Å². The molecule has 0 aromatic heterocycles. The van der Waals surface area contributed by atoms with Crippen LogP contribution in [0.3, 0.4) is 0 Å². The lowest BCUT2D eigenvalue weighted by atomic mass is 9.89. The van der Waals surface area contributed by atoms with Gasteiger partial charge in [-0.3, -0.25) is 0 Å². The Morgan fingerprint density at radius 2 is 2.33 bits per heavy atom. The van der Waals surface area contributed by atoms with E-state index in [2.05, 4.69) is 37.6 Å². The molecular formula is C15H25NOS. The molecule has 0 bridgehead atoms. The summed E-state index contributed by atoms with van der Waals surface area (Å²) in [6.45, 7) is 8.74.